The first kappa shape index (κ1) is 10.2. The Morgan fingerprint density at radius 2 is 2.17 bits per heavy atom. The molecule has 0 aromatic carbocycles. The topological polar surface area (TPSA) is 66.8 Å². The van der Waals surface area contributed by atoms with Crippen LogP contribution in [0.15, 0.2) is 0 Å². The van der Waals surface area contributed by atoms with Gasteiger partial charge in [0.05, 0.1) is 6.10 Å². The molecule has 0 aromatic heterocycles. The summed E-state index contributed by atoms with van der Waals surface area (Å²) in [5, 5.41) is 0. The van der Waals surface area contributed by atoms with Crippen molar-refractivity contribution >= 4 is 7.82 Å². The number of phosphoric ester groups is 1. The molecular formula is C7H15O4P. The van der Waals surface area contributed by atoms with Crippen LogP contribution in [-0.2, 0) is 9.09 Å². The van der Waals surface area contributed by atoms with Crippen LogP contribution in [0.1, 0.15) is 32.6 Å². The van der Waals surface area contributed by atoms with Crippen molar-refractivity contribution in [3.8, 4) is 0 Å². The van der Waals surface area contributed by atoms with Gasteiger partial charge in [-0.05, 0) is 18.8 Å². The largest absolute Gasteiger partial charge is 0.469 e. The summed E-state index contributed by atoms with van der Waals surface area (Å²) in [6.07, 6.45) is 3.54. The molecule has 1 fully saturated rings. The number of hydrogen-bond acceptors (Lipinski definition) is 2. The van der Waals surface area contributed by atoms with E-state index in [4.69, 9.17) is 9.79 Å². The van der Waals surface area contributed by atoms with E-state index in [1.807, 2.05) is 6.92 Å². The lowest BCUT2D eigenvalue weighted by molar-refractivity contribution is 0.104. The Balaban J connectivity index is 2.46. The van der Waals surface area contributed by atoms with Gasteiger partial charge in [0.15, 0.2) is 0 Å². The molecule has 0 bridgehead atoms. The van der Waals surface area contributed by atoms with Crippen LogP contribution in [0.2, 0.25) is 0 Å². The molecule has 2 atom stereocenters. The minimum atomic E-state index is -4.27. The van der Waals surface area contributed by atoms with Crippen LogP contribution in [0.3, 0.4) is 0 Å². The van der Waals surface area contributed by atoms with E-state index < -0.39 is 7.82 Å². The molecule has 0 aliphatic heterocycles. The van der Waals surface area contributed by atoms with Crippen LogP contribution in [-0.4, -0.2) is 15.9 Å². The normalized spacial score (nSPS) is 30.9. The zero-order valence-electron chi connectivity index (χ0n) is 7.14. The summed E-state index contributed by atoms with van der Waals surface area (Å²) < 4.78 is 15.2. The van der Waals surface area contributed by atoms with Gasteiger partial charge in [0, 0.05) is 0 Å². The third-order valence-corrected chi connectivity index (χ3v) is 2.93. The minimum Gasteiger partial charge on any atom is -0.303 e. The fourth-order valence-corrected chi connectivity index (χ4v) is 2.42. The molecule has 2 unspecified atom stereocenters. The van der Waals surface area contributed by atoms with Gasteiger partial charge in [0.2, 0.25) is 0 Å². The highest BCUT2D eigenvalue weighted by molar-refractivity contribution is 7.46. The summed E-state index contributed by atoms with van der Waals surface area (Å²) in [7, 11) is -4.27. The van der Waals surface area contributed by atoms with Crippen molar-refractivity contribution in [3.63, 3.8) is 0 Å². The Hall–Kier alpha value is 0.110. The maximum atomic E-state index is 10.5. The van der Waals surface area contributed by atoms with Crippen LogP contribution in [0, 0.1) is 5.92 Å². The lowest BCUT2D eigenvalue weighted by Crippen LogP contribution is -2.15. The Morgan fingerprint density at radius 3 is 2.67 bits per heavy atom. The van der Waals surface area contributed by atoms with E-state index in [1.54, 1.807) is 0 Å². The average molecular weight is 194 g/mol. The highest BCUT2D eigenvalue weighted by Gasteiger charge is 2.31. The molecule has 12 heavy (non-hydrogen) atoms. The second kappa shape index (κ2) is 3.88. The molecule has 0 aromatic rings. The zero-order valence-corrected chi connectivity index (χ0v) is 8.04. The van der Waals surface area contributed by atoms with Gasteiger partial charge >= 0.3 is 7.82 Å². The van der Waals surface area contributed by atoms with Gasteiger partial charge in [0.1, 0.15) is 0 Å². The molecule has 0 saturated heterocycles. The van der Waals surface area contributed by atoms with Crippen molar-refractivity contribution in [2.75, 3.05) is 0 Å². The number of hydrogen-bond donors (Lipinski definition) is 2. The lowest BCUT2D eigenvalue weighted by Gasteiger charge is -2.18. The van der Waals surface area contributed by atoms with E-state index in [2.05, 4.69) is 4.52 Å². The van der Waals surface area contributed by atoms with Crippen molar-refractivity contribution in [3.05, 3.63) is 0 Å². The molecule has 1 aliphatic carbocycles. The number of rotatable bonds is 3. The lowest BCUT2D eigenvalue weighted by atomic mass is 10.0. The second-order valence-electron chi connectivity index (χ2n) is 3.23. The van der Waals surface area contributed by atoms with E-state index in [0.29, 0.717) is 5.92 Å². The highest BCUT2D eigenvalue weighted by Crippen LogP contribution is 2.44. The second-order valence-corrected chi connectivity index (χ2v) is 4.43. The summed E-state index contributed by atoms with van der Waals surface area (Å²) in [4.78, 5) is 17.2. The average Bonchev–Trinajstić information content (AvgIpc) is 2.31. The zero-order chi connectivity index (χ0) is 9.19. The van der Waals surface area contributed by atoms with Gasteiger partial charge in [-0.2, -0.15) is 0 Å². The molecule has 0 radical (unpaired) electrons. The van der Waals surface area contributed by atoms with Crippen LogP contribution in [0.25, 0.3) is 0 Å². The smallest absolute Gasteiger partial charge is 0.303 e. The summed E-state index contributed by atoms with van der Waals surface area (Å²) in [5.74, 6) is 0.331. The first-order valence-corrected chi connectivity index (χ1v) is 5.80. The van der Waals surface area contributed by atoms with E-state index >= 15 is 0 Å². The molecule has 1 saturated carbocycles. The van der Waals surface area contributed by atoms with E-state index in [9.17, 15) is 4.57 Å². The predicted octanol–water partition coefficient (Wildman–Crippen LogP) is 1.67. The fourth-order valence-electron chi connectivity index (χ4n) is 1.78. The van der Waals surface area contributed by atoms with Crippen LogP contribution >= 0.6 is 7.82 Å². The molecule has 72 valence electrons. The van der Waals surface area contributed by atoms with Gasteiger partial charge in [-0.15, -0.1) is 0 Å². The SMILES string of the molecule is CCC1CCCC1OP(=O)(O)O. The first-order chi connectivity index (χ1) is 5.53. The van der Waals surface area contributed by atoms with Gasteiger partial charge in [-0.25, -0.2) is 4.57 Å². The van der Waals surface area contributed by atoms with Gasteiger partial charge in [-0.1, -0.05) is 19.8 Å². The molecule has 1 rings (SSSR count). The van der Waals surface area contributed by atoms with Crippen LogP contribution < -0.4 is 0 Å². The van der Waals surface area contributed by atoms with Gasteiger partial charge in [0.25, 0.3) is 0 Å². The van der Waals surface area contributed by atoms with Gasteiger partial charge in [-0.3, -0.25) is 4.52 Å². The van der Waals surface area contributed by atoms with Crippen molar-refractivity contribution in [2.24, 2.45) is 5.92 Å². The summed E-state index contributed by atoms with van der Waals surface area (Å²) in [6, 6.07) is 0. The standard InChI is InChI=1S/C7H15O4P/c1-2-6-4-3-5-7(6)11-12(8,9)10/h6-7H,2-5H2,1H3,(H2,8,9,10). The Labute approximate surface area is 72.2 Å². The quantitative estimate of drug-likeness (QED) is 0.670. The summed E-state index contributed by atoms with van der Waals surface area (Å²) in [5.41, 5.74) is 0. The maximum Gasteiger partial charge on any atom is 0.469 e. The minimum absolute atomic E-state index is 0.226. The Bertz CT molecular complexity index is 188. The highest BCUT2D eigenvalue weighted by atomic mass is 31.2. The first-order valence-electron chi connectivity index (χ1n) is 4.27. The van der Waals surface area contributed by atoms with Gasteiger partial charge < -0.3 is 9.79 Å². The molecule has 1 aliphatic rings. The van der Waals surface area contributed by atoms with Crippen molar-refractivity contribution in [2.45, 2.75) is 38.7 Å². The maximum absolute atomic E-state index is 10.5. The van der Waals surface area contributed by atoms with E-state index in [0.717, 1.165) is 25.7 Å². The Morgan fingerprint density at radius 1 is 1.50 bits per heavy atom. The molecule has 0 heterocycles. The van der Waals surface area contributed by atoms with E-state index in [1.165, 1.54) is 0 Å². The van der Waals surface area contributed by atoms with Crippen LogP contribution in [0.5, 0.6) is 0 Å². The molecule has 0 spiro atoms. The third kappa shape index (κ3) is 2.87. The molecule has 2 N–H and O–H groups in total. The summed E-state index contributed by atoms with van der Waals surface area (Å²) >= 11 is 0. The summed E-state index contributed by atoms with van der Waals surface area (Å²) in [6.45, 7) is 2.02. The van der Waals surface area contributed by atoms with Crippen LogP contribution in [0.4, 0.5) is 0 Å². The van der Waals surface area contributed by atoms with E-state index in [-0.39, 0.29) is 6.10 Å². The fraction of sp³-hybridized carbons (Fsp3) is 1.00. The molecule has 4 nitrogen and oxygen atoms in total. The molecule has 0 amide bonds. The van der Waals surface area contributed by atoms with Crippen molar-refractivity contribution in [1.82, 2.24) is 0 Å². The van der Waals surface area contributed by atoms with Crippen molar-refractivity contribution in [1.29, 1.82) is 0 Å². The monoisotopic (exact) mass is 194 g/mol. The predicted molar refractivity (Wildman–Crippen MR) is 44.5 cm³/mol. The number of phosphoric acid groups is 1. The molecule has 5 heteroatoms. The molecular weight excluding hydrogens is 179 g/mol. The Kier molecular flexibility index (Phi) is 3.29. The van der Waals surface area contributed by atoms with Crippen molar-refractivity contribution < 1.29 is 18.9 Å². The third-order valence-electron chi connectivity index (χ3n) is 2.39.